The Kier molecular flexibility index (Phi) is 5.35. The van der Waals surface area contributed by atoms with Gasteiger partial charge in [-0.05, 0) is 36.6 Å². The predicted octanol–water partition coefficient (Wildman–Crippen LogP) is 3.38. The number of nitrogens with one attached hydrogen (secondary N) is 1. The molecule has 0 bridgehead atoms. The van der Waals surface area contributed by atoms with E-state index in [9.17, 15) is 14.0 Å². The van der Waals surface area contributed by atoms with E-state index in [-0.39, 0.29) is 11.8 Å². The number of carbonyl (C=O) groups is 2. The number of piperidine rings is 1. The van der Waals surface area contributed by atoms with Gasteiger partial charge in [0, 0.05) is 30.6 Å². The molecule has 0 aromatic heterocycles. The fraction of sp³-hybridized carbons (Fsp3) is 0.333. The SMILES string of the molecule is CC1(C(=O)NCc2ccccc2)CCN(C(=O)c2cccc(F)c2)CC1. The number of rotatable bonds is 4. The zero-order chi connectivity index (χ0) is 18.6. The van der Waals surface area contributed by atoms with Crippen molar-refractivity contribution < 1.29 is 14.0 Å². The van der Waals surface area contributed by atoms with Crippen LogP contribution in [0.15, 0.2) is 54.6 Å². The molecule has 26 heavy (non-hydrogen) atoms. The molecule has 1 aliphatic rings. The summed E-state index contributed by atoms with van der Waals surface area (Å²) in [5.74, 6) is -0.589. The van der Waals surface area contributed by atoms with Gasteiger partial charge in [-0.15, -0.1) is 0 Å². The molecule has 1 N–H and O–H groups in total. The average molecular weight is 354 g/mol. The Labute approximate surface area is 153 Å². The molecular formula is C21H23FN2O2. The van der Waals surface area contributed by atoms with E-state index in [0.717, 1.165) is 5.56 Å². The average Bonchev–Trinajstić information content (AvgIpc) is 2.67. The number of likely N-dealkylation sites (tertiary alicyclic amines) is 1. The quantitative estimate of drug-likeness (QED) is 0.915. The summed E-state index contributed by atoms with van der Waals surface area (Å²) in [4.78, 5) is 26.8. The smallest absolute Gasteiger partial charge is 0.253 e. The Morgan fingerprint density at radius 2 is 1.77 bits per heavy atom. The van der Waals surface area contributed by atoms with Crippen LogP contribution in [0, 0.1) is 11.2 Å². The second-order valence-electron chi connectivity index (χ2n) is 7.03. The first-order valence-corrected chi connectivity index (χ1v) is 8.85. The third kappa shape index (κ3) is 4.10. The molecule has 0 spiro atoms. The predicted molar refractivity (Wildman–Crippen MR) is 97.9 cm³/mol. The molecule has 2 aromatic carbocycles. The highest BCUT2D eigenvalue weighted by Crippen LogP contribution is 2.31. The molecule has 4 nitrogen and oxygen atoms in total. The normalized spacial score (nSPS) is 16.2. The van der Waals surface area contributed by atoms with Gasteiger partial charge in [0.25, 0.3) is 5.91 Å². The molecule has 0 saturated carbocycles. The Morgan fingerprint density at radius 3 is 2.42 bits per heavy atom. The van der Waals surface area contributed by atoms with E-state index in [2.05, 4.69) is 5.32 Å². The highest BCUT2D eigenvalue weighted by Gasteiger charge is 2.38. The Balaban J connectivity index is 1.56. The highest BCUT2D eigenvalue weighted by molar-refractivity contribution is 5.94. The van der Waals surface area contributed by atoms with Crippen LogP contribution in [0.4, 0.5) is 4.39 Å². The molecule has 0 aliphatic carbocycles. The minimum Gasteiger partial charge on any atom is -0.352 e. The molecule has 1 aliphatic heterocycles. The van der Waals surface area contributed by atoms with E-state index >= 15 is 0 Å². The number of amides is 2. The molecule has 2 amide bonds. The molecular weight excluding hydrogens is 331 g/mol. The molecule has 0 atom stereocenters. The van der Waals surface area contributed by atoms with Crippen LogP contribution in [0.1, 0.15) is 35.7 Å². The zero-order valence-corrected chi connectivity index (χ0v) is 14.9. The summed E-state index contributed by atoms with van der Waals surface area (Å²) in [5.41, 5.74) is 0.915. The standard InChI is InChI=1S/C21H23FN2O2/c1-21(20(26)23-15-16-6-3-2-4-7-16)10-12-24(13-11-21)19(25)17-8-5-9-18(22)14-17/h2-9,14H,10-13,15H2,1H3,(H,23,26). The summed E-state index contributed by atoms with van der Waals surface area (Å²) >= 11 is 0. The van der Waals surface area contributed by atoms with E-state index < -0.39 is 11.2 Å². The first kappa shape index (κ1) is 18.1. The third-order valence-corrected chi connectivity index (χ3v) is 5.07. The van der Waals surface area contributed by atoms with Crippen LogP contribution in [0.3, 0.4) is 0 Å². The van der Waals surface area contributed by atoms with Crippen molar-refractivity contribution >= 4 is 11.8 Å². The van der Waals surface area contributed by atoms with Gasteiger partial charge in [-0.3, -0.25) is 9.59 Å². The molecule has 1 heterocycles. The van der Waals surface area contributed by atoms with Crippen LogP contribution < -0.4 is 5.32 Å². The summed E-state index contributed by atoms with van der Waals surface area (Å²) < 4.78 is 13.3. The molecule has 0 radical (unpaired) electrons. The lowest BCUT2D eigenvalue weighted by Crippen LogP contribution is -2.48. The summed E-state index contributed by atoms with van der Waals surface area (Å²) in [6.45, 7) is 3.42. The number of halogens is 1. The lowest BCUT2D eigenvalue weighted by atomic mass is 9.79. The zero-order valence-electron chi connectivity index (χ0n) is 14.9. The summed E-state index contributed by atoms with van der Waals surface area (Å²) in [5, 5.41) is 3.00. The van der Waals surface area contributed by atoms with Gasteiger partial charge in [0.2, 0.25) is 5.91 Å². The lowest BCUT2D eigenvalue weighted by molar-refractivity contribution is -0.132. The van der Waals surface area contributed by atoms with Gasteiger partial charge in [-0.1, -0.05) is 43.3 Å². The Hall–Kier alpha value is -2.69. The van der Waals surface area contributed by atoms with Gasteiger partial charge < -0.3 is 10.2 Å². The first-order chi connectivity index (χ1) is 12.5. The van der Waals surface area contributed by atoms with E-state index in [1.165, 1.54) is 18.2 Å². The minimum atomic E-state index is -0.493. The van der Waals surface area contributed by atoms with Crippen LogP contribution in [-0.2, 0) is 11.3 Å². The second-order valence-corrected chi connectivity index (χ2v) is 7.03. The molecule has 136 valence electrons. The maximum atomic E-state index is 13.3. The fourth-order valence-corrected chi connectivity index (χ4v) is 3.23. The van der Waals surface area contributed by atoms with Crippen LogP contribution in [-0.4, -0.2) is 29.8 Å². The minimum absolute atomic E-state index is 0.0132. The highest BCUT2D eigenvalue weighted by atomic mass is 19.1. The van der Waals surface area contributed by atoms with E-state index in [1.54, 1.807) is 11.0 Å². The number of benzene rings is 2. The molecule has 1 fully saturated rings. The second kappa shape index (κ2) is 7.68. The largest absolute Gasteiger partial charge is 0.352 e. The Morgan fingerprint density at radius 1 is 1.08 bits per heavy atom. The van der Waals surface area contributed by atoms with E-state index in [1.807, 2.05) is 37.3 Å². The molecule has 3 rings (SSSR count). The summed E-state index contributed by atoms with van der Waals surface area (Å²) in [6, 6.07) is 15.5. The number of carbonyl (C=O) groups excluding carboxylic acids is 2. The van der Waals surface area contributed by atoms with Gasteiger partial charge in [-0.25, -0.2) is 4.39 Å². The van der Waals surface area contributed by atoms with Crippen molar-refractivity contribution in [3.63, 3.8) is 0 Å². The van der Waals surface area contributed by atoms with Crippen molar-refractivity contribution in [3.8, 4) is 0 Å². The monoisotopic (exact) mass is 354 g/mol. The van der Waals surface area contributed by atoms with Gasteiger partial charge in [-0.2, -0.15) is 0 Å². The Bertz CT molecular complexity index is 784. The maximum Gasteiger partial charge on any atom is 0.253 e. The van der Waals surface area contributed by atoms with Gasteiger partial charge >= 0.3 is 0 Å². The number of hydrogen-bond acceptors (Lipinski definition) is 2. The van der Waals surface area contributed by atoms with Crippen LogP contribution >= 0.6 is 0 Å². The van der Waals surface area contributed by atoms with Crippen molar-refractivity contribution in [1.82, 2.24) is 10.2 Å². The summed E-state index contributed by atoms with van der Waals surface area (Å²) in [6.07, 6.45) is 1.18. The number of hydrogen-bond donors (Lipinski definition) is 1. The van der Waals surface area contributed by atoms with Gasteiger partial charge in [0.15, 0.2) is 0 Å². The molecule has 2 aromatic rings. The van der Waals surface area contributed by atoms with Crippen LogP contribution in [0.5, 0.6) is 0 Å². The van der Waals surface area contributed by atoms with Crippen molar-refractivity contribution in [1.29, 1.82) is 0 Å². The van der Waals surface area contributed by atoms with Crippen molar-refractivity contribution in [2.75, 3.05) is 13.1 Å². The van der Waals surface area contributed by atoms with E-state index in [0.29, 0.717) is 38.0 Å². The topological polar surface area (TPSA) is 49.4 Å². The van der Waals surface area contributed by atoms with Crippen molar-refractivity contribution in [2.24, 2.45) is 5.41 Å². The molecule has 1 saturated heterocycles. The fourth-order valence-electron chi connectivity index (χ4n) is 3.23. The maximum absolute atomic E-state index is 13.3. The van der Waals surface area contributed by atoms with Gasteiger partial charge in [0.1, 0.15) is 5.82 Å². The van der Waals surface area contributed by atoms with Crippen molar-refractivity contribution in [3.05, 3.63) is 71.5 Å². The lowest BCUT2D eigenvalue weighted by Gasteiger charge is -2.38. The van der Waals surface area contributed by atoms with Crippen LogP contribution in [0.2, 0.25) is 0 Å². The molecule has 5 heteroatoms. The first-order valence-electron chi connectivity index (χ1n) is 8.85. The molecule has 0 unspecified atom stereocenters. The van der Waals surface area contributed by atoms with Crippen molar-refractivity contribution in [2.45, 2.75) is 26.3 Å². The van der Waals surface area contributed by atoms with E-state index in [4.69, 9.17) is 0 Å². The summed E-state index contributed by atoms with van der Waals surface area (Å²) in [7, 11) is 0. The van der Waals surface area contributed by atoms with Crippen LogP contribution in [0.25, 0.3) is 0 Å². The van der Waals surface area contributed by atoms with Gasteiger partial charge in [0.05, 0.1) is 0 Å². The third-order valence-electron chi connectivity index (χ3n) is 5.07. The number of nitrogens with zero attached hydrogens (tertiary/aromatic N) is 1.